The van der Waals surface area contributed by atoms with Crippen molar-refractivity contribution in [1.29, 1.82) is 5.26 Å². The van der Waals surface area contributed by atoms with Gasteiger partial charge in [0.25, 0.3) is 0 Å². The van der Waals surface area contributed by atoms with Crippen molar-refractivity contribution < 1.29 is 4.79 Å². The Labute approximate surface area is 79.9 Å². The fourth-order valence-electron chi connectivity index (χ4n) is 2.15. The van der Waals surface area contributed by atoms with Gasteiger partial charge in [-0.05, 0) is 25.2 Å². The van der Waals surface area contributed by atoms with Crippen LogP contribution in [0.3, 0.4) is 0 Å². The highest BCUT2D eigenvalue weighted by molar-refractivity contribution is 5.79. The second-order valence-corrected chi connectivity index (χ2v) is 4.53. The van der Waals surface area contributed by atoms with Crippen LogP contribution in [-0.2, 0) is 4.79 Å². The van der Waals surface area contributed by atoms with Gasteiger partial charge in [0.1, 0.15) is 5.78 Å². The molecule has 72 valence electrons. The van der Waals surface area contributed by atoms with Crippen LogP contribution < -0.4 is 0 Å². The van der Waals surface area contributed by atoms with Crippen LogP contribution >= 0.6 is 0 Å². The molecule has 0 saturated heterocycles. The summed E-state index contributed by atoms with van der Waals surface area (Å²) in [7, 11) is 0. The Morgan fingerprint density at radius 3 is 2.38 bits per heavy atom. The molecule has 0 atom stereocenters. The Hall–Kier alpha value is -0.840. The van der Waals surface area contributed by atoms with Gasteiger partial charge >= 0.3 is 0 Å². The number of carbonyl (C=O) groups is 1. The zero-order chi connectivity index (χ0) is 9.90. The van der Waals surface area contributed by atoms with Gasteiger partial charge < -0.3 is 0 Å². The highest BCUT2D eigenvalue weighted by Crippen LogP contribution is 2.39. The van der Waals surface area contributed by atoms with Crippen molar-refractivity contribution in [3.05, 3.63) is 0 Å². The highest BCUT2D eigenvalue weighted by Gasteiger charge is 2.35. The molecule has 1 aliphatic carbocycles. The molecule has 2 heteroatoms. The topological polar surface area (TPSA) is 40.9 Å². The second kappa shape index (κ2) is 3.91. The molecule has 1 saturated carbocycles. The number of hydrogen-bond donors (Lipinski definition) is 0. The Balaban J connectivity index is 2.62. The van der Waals surface area contributed by atoms with Crippen LogP contribution in [0.15, 0.2) is 0 Å². The maximum absolute atomic E-state index is 11.0. The first-order chi connectivity index (χ1) is 6.08. The summed E-state index contributed by atoms with van der Waals surface area (Å²) in [6.07, 6.45) is 3.72. The van der Waals surface area contributed by atoms with Crippen molar-refractivity contribution in [2.75, 3.05) is 0 Å². The number of ketones is 1. The molecule has 0 N–H and O–H groups in total. The number of rotatable bonds is 2. The third-order valence-electron chi connectivity index (χ3n) is 2.80. The average Bonchev–Trinajstić information content (AvgIpc) is 2.09. The molecule has 0 aromatic rings. The van der Waals surface area contributed by atoms with E-state index >= 15 is 0 Å². The first-order valence-corrected chi connectivity index (χ1v) is 5.01. The summed E-state index contributed by atoms with van der Waals surface area (Å²) in [5, 5.41) is 9.12. The predicted molar refractivity (Wildman–Crippen MR) is 51.0 cm³/mol. The SMILES string of the molecule is CC(C)CC1(C#N)CCC(=O)CC1. The number of carbonyl (C=O) groups excluding carboxylic acids is 1. The van der Waals surface area contributed by atoms with Gasteiger partial charge in [0.2, 0.25) is 0 Å². The fourth-order valence-corrected chi connectivity index (χ4v) is 2.15. The molecule has 13 heavy (non-hydrogen) atoms. The Morgan fingerprint density at radius 1 is 1.46 bits per heavy atom. The largest absolute Gasteiger partial charge is 0.300 e. The molecule has 2 nitrogen and oxygen atoms in total. The van der Waals surface area contributed by atoms with Crippen LogP contribution in [0.5, 0.6) is 0 Å². The second-order valence-electron chi connectivity index (χ2n) is 4.53. The van der Waals surface area contributed by atoms with Gasteiger partial charge in [0, 0.05) is 12.8 Å². The number of nitriles is 1. The lowest BCUT2D eigenvalue weighted by atomic mass is 9.70. The summed E-state index contributed by atoms with van der Waals surface area (Å²) < 4.78 is 0. The van der Waals surface area contributed by atoms with Gasteiger partial charge in [0.05, 0.1) is 11.5 Å². The number of Topliss-reactive ketones (excluding diaryl/α,β-unsaturated/α-hetero) is 1. The van der Waals surface area contributed by atoms with Crippen LogP contribution in [-0.4, -0.2) is 5.78 Å². The van der Waals surface area contributed by atoms with E-state index < -0.39 is 0 Å². The Kier molecular flexibility index (Phi) is 3.08. The minimum absolute atomic E-state index is 0.192. The van der Waals surface area contributed by atoms with Crippen molar-refractivity contribution in [3.8, 4) is 6.07 Å². The third kappa shape index (κ3) is 2.55. The summed E-state index contributed by atoms with van der Waals surface area (Å²) in [6.45, 7) is 4.27. The molecule has 1 aliphatic rings. The van der Waals surface area contributed by atoms with Gasteiger partial charge in [0.15, 0.2) is 0 Å². The van der Waals surface area contributed by atoms with E-state index in [2.05, 4.69) is 19.9 Å². The molecule has 0 aliphatic heterocycles. The zero-order valence-corrected chi connectivity index (χ0v) is 8.47. The third-order valence-corrected chi connectivity index (χ3v) is 2.80. The summed E-state index contributed by atoms with van der Waals surface area (Å²) in [5.74, 6) is 0.877. The van der Waals surface area contributed by atoms with E-state index in [-0.39, 0.29) is 5.41 Å². The van der Waals surface area contributed by atoms with Crippen LogP contribution in [0.2, 0.25) is 0 Å². The quantitative estimate of drug-likeness (QED) is 0.654. The molecule has 1 fully saturated rings. The summed E-state index contributed by atoms with van der Waals surface area (Å²) in [6, 6.07) is 2.42. The molecule has 0 bridgehead atoms. The lowest BCUT2D eigenvalue weighted by Gasteiger charge is -2.31. The molecule has 0 radical (unpaired) electrons. The zero-order valence-electron chi connectivity index (χ0n) is 8.47. The van der Waals surface area contributed by atoms with Gasteiger partial charge in [-0.1, -0.05) is 13.8 Å². The molecule has 0 aromatic carbocycles. The molecule has 0 aromatic heterocycles. The van der Waals surface area contributed by atoms with Crippen molar-refractivity contribution in [2.45, 2.75) is 46.0 Å². The predicted octanol–water partition coefficient (Wildman–Crippen LogP) is 2.69. The van der Waals surface area contributed by atoms with E-state index in [9.17, 15) is 4.79 Å². The molecule has 0 heterocycles. The van der Waals surface area contributed by atoms with Crippen LogP contribution in [0.4, 0.5) is 0 Å². The minimum Gasteiger partial charge on any atom is -0.300 e. The molecule has 1 rings (SSSR count). The van der Waals surface area contributed by atoms with E-state index in [4.69, 9.17) is 5.26 Å². The van der Waals surface area contributed by atoms with E-state index in [1.54, 1.807) is 0 Å². The fraction of sp³-hybridized carbons (Fsp3) is 0.818. The lowest BCUT2D eigenvalue weighted by molar-refractivity contribution is -0.121. The maximum Gasteiger partial charge on any atom is 0.133 e. The molecule has 0 unspecified atom stereocenters. The smallest absolute Gasteiger partial charge is 0.133 e. The molecular formula is C11H17NO. The highest BCUT2D eigenvalue weighted by atomic mass is 16.1. The molecular weight excluding hydrogens is 162 g/mol. The van der Waals surface area contributed by atoms with E-state index in [1.807, 2.05) is 0 Å². The van der Waals surface area contributed by atoms with E-state index in [0.717, 1.165) is 19.3 Å². The van der Waals surface area contributed by atoms with Crippen molar-refractivity contribution >= 4 is 5.78 Å². The standard InChI is InChI=1S/C11H17NO/c1-9(2)7-11(8-12)5-3-10(13)4-6-11/h9H,3-7H2,1-2H3. The summed E-state index contributed by atoms with van der Waals surface area (Å²) in [4.78, 5) is 11.0. The molecule has 0 spiro atoms. The normalized spacial score (nSPS) is 21.5. The van der Waals surface area contributed by atoms with Crippen molar-refractivity contribution in [2.24, 2.45) is 11.3 Å². The summed E-state index contributed by atoms with van der Waals surface area (Å²) in [5.41, 5.74) is -0.192. The van der Waals surface area contributed by atoms with Crippen LogP contribution in [0.1, 0.15) is 46.0 Å². The number of nitrogens with zero attached hydrogens (tertiary/aromatic N) is 1. The number of hydrogen-bond acceptors (Lipinski definition) is 2. The van der Waals surface area contributed by atoms with Gasteiger partial charge in [-0.25, -0.2) is 0 Å². The minimum atomic E-state index is -0.192. The van der Waals surface area contributed by atoms with Crippen molar-refractivity contribution in [3.63, 3.8) is 0 Å². The van der Waals surface area contributed by atoms with E-state index in [1.165, 1.54) is 0 Å². The summed E-state index contributed by atoms with van der Waals surface area (Å²) >= 11 is 0. The van der Waals surface area contributed by atoms with Crippen LogP contribution in [0.25, 0.3) is 0 Å². The lowest BCUT2D eigenvalue weighted by Crippen LogP contribution is -2.27. The van der Waals surface area contributed by atoms with Crippen molar-refractivity contribution in [1.82, 2.24) is 0 Å². The van der Waals surface area contributed by atoms with Gasteiger partial charge in [-0.2, -0.15) is 5.26 Å². The van der Waals surface area contributed by atoms with Gasteiger partial charge in [-0.3, -0.25) is 4.79 Å². The Morgan fingerprint density at radius 2 is 2.00 bits per heavy atom. The molecule has 0 amide bonds. The maximum atomic E-state index is 11.0. The van der Waals surface area contributed by atoms with Crippen LogP contribution in [0, 0.1) is 22.7 Å². The Bertz CT molecular complexity index is 227. The van der Waals surface area contributed by atoms with Gasteiger partial charge in [-0.15, -0.1) is 0 Å². The van der Waals surface area contributed by atoms with E-state index in [0.29, 0.717) is 24.5 Å². The first kappa shape index (κ1) is 10.2. The monoisotopic (exact) mass is 179 g/mol. The first-order valence-electron chi connectivity index (χ1n) is 5.01. The average molecular weight is 179 g/mol.